The van der Waals surface area contributed by atoms with E-state index in [1.165, 1.54) is 27.8 Å². The van der Waals surface area contributed by atoms with Crippen LogP contribution in [0.5, 0.6) is 0 Å². The first-order valence-corrected chi connectivity index (χ1v) is 8.41. The number of aryl methyl sites for hydroxylation is 1. The van der Waals surface area contributed by atoms with Gasteiger partial charge in [0, 0.05) is 18.0 Å². The molecule has 3 aromatic heterocycles. The van der Waals surface area contributed by atoms with Gasteiger partial charge >= 0.3 is 5.97 Å². The number of aliphatic carboxylic acids is 1. The molecule has 118 valence electrons. The van der Waals surface area contributed by atoms with E-state index in [9.17, 15) is 4.79 Å². The van der Waals surface area contributed by atoms with E-state index in [1.807, 2.05) is 6.92 Å². The van der Waals surface area contributed by atoms with Crippen molar-refractivity contribution in [3.05, 3.63) is 35.4 Å². The van der Waals surface area contributed by atoms with E-state index >= 15 is 0 Å². The van der Waals surface area contributed by atoms with E-state index in [2.05, 4.69) is 25.3 Å². The Morgan fingerprint density at radius 1 is 1.35 bits per heavy atom. The number of carboxylic acids is 1. The quantitative estimate of drug-likeness (QED) is 0.673. The average molecular weight is 348 g/mol. The Labute approximate surface area is 139 Å². The van der Waals surface area contributed by atoms with E-state index in [-0.39, 0.29) is 6.54 Å². The molecule has 0 radical (unpaired) electrons. The molecule has 3 heterocycles. The van der Waals surface area contributed by atoms with Crippen molar-refractivity contribution >= 4 is 29.1 Å². The van der Waals surface area contributed by atoms with E-state index in [0.717, 1.165) is 14.9 Å². The van der Waals surface area contributed by atoms with Gasteiger partial charge in [-0.15, -0.1) is 10.2 Å². The van der Waals surface area contributed by atoms with Gasteiger partial charge in [0.25, 0.3) is 0 Å². The number of hydrogen-bond donors (Lipinski definition) is 1. The van der Waals surface area contributed by atoms with Gasteiger partial charge in [0.1, 0.15) is 17.4 Å². The van der Waals surface area contributed by atoms with Crippen LogP contribution in [0.2, 0.25) is 0 Å². The smallest absolute Gasteiger partial charge is 0.325 e. The number of rotatable bonds is 6. The molecule has 0 spiro atoms. The van der Waals surface area contributed by atoms with E-state index in [1.54, 1.807) is 24.5 Å². The SMILES string of the molecule is Cc1nnc(SCc2nc(-c3ccncc3)nn2CC(=O)O)s1. The maximum Gasteiger partial charge on any atom is 0.325 e. The molecule has 10 heteroatoms. The van der Waals surface area contributed by atoms with Crippen molar-refractivity contribution in [1.29, 1.82) is 0 Å². The summed E-state index contributed by atoms with van der Waals surface area (Å²) < 4.78 is 2.22. The second-order valence-electron chi connectivity index (χ2n) is 4.51. The predicted octanol–water partition coefficient (Wildman–Crippen LogP) is 1.88. The third kappa shape index (κ3) is 3.90. The molecule has 3 rings (SSSR count). The summed E-state index contributed by atoms with van der Waals surface area (Å²) in [4.78, 5) is 19.4. The van der Waals surface area contributed by atoms with Crippen LogP contribution >= 0.6 is 23.1 Å². The Morgan fingerprint density at radius 2 is 2.13 bits per heavy atom. The van der Waals surface area contributed by atoms with Crippen molar-refractivity contribution in [3.8, 4) is 11.4 Å². The first kappa shape index (κ1) is 15.6. The minimum absolute atomic E-state index is 0.233. The second-order valence-corrected chi connectivity index (χ2v) is 6.92. The standard InChI is InChI=1S/C13H12N6O2S2/c1-8-16-17-13(23-8)22-7-10-15-12(9-2-4-14-5-3-9)18-19(10)6-11(20)21/h2-5H,6-7H2,1H3,(H,20,21). The molecular formula is C13H12N6O2S2. The average Bonchev–Trinajstić information content (AvgIpc) is 3.12. The first-order valence-electron chi connectivity index (χ1n) is 6.60. The molecule has 1 N–H and O–H groups in total. The Bertz CT molecular complexity index is 817. The van der Waals surface area contributed by atoms with Crippen molar-refractivity contribution in [2.75, 3.05) is 0 Å². The summed E-state index contributed by atoms with van der Waals surface area (Å²) >= 11 is 2.95. The summed E-state index contributed by atoms with van der Waals surface area (Å²) in [5, 5.41) is 22.2. The summed E-state index contributed by atoms with van der Waals surface area (Å²) in [5.74, 6) is 0.573. The molecule has 0 aromatic carbocycles. The lowest BCUT2D eigenvalue weighted by atomic mass is 10.3. The number of pyridine rings is 1. The van der Waals surface area contributed by atoms with Crippen molar-refractivity contribution in [1.82, 2.24) is 29.9 Å². The van der Waals surface area contributed by atoms with Crippen LogP contribution in [0.4, 0.5) is 0 Å². The number of thioether (sulfide) groups is 1. The summed E-state index contributed by atoms with van der Waals surface area (Å²) in [7, 11) is 0. The normalized spacial score (nSPS) is 10.8. The van der Waals surface area contributed by atoms with Crippen LogP contribution in [0.3, 0.4) is 0 Å². The molecule has 0 fully saturated rings. The Kier molecular flexibility index (Phi) is 4.63. The fraction of sp³-hybridized carbons (Fsp3) is 0.231. The van der Waals surface area contributed by atoms with Gasteiger partial charge in [-0.3, -0.25) is 9.78 Å². The van der Waals surface area contributed by atoms with Crippen molar-refractivity contribution < 1.29 is 9.90 Å². The maximum atomic E-state index is 11.0. The van der Waals surface area contributed by atoms with Gasteiger partial charge < -0.3 is 5.11 Å². The van der Waals surface area contributed by atoms with E-state index < -0.39 is 5.97 Å². The third-order valence-electron chi connectivity index (χ3n) is 2.80. The van der Waals surface area contributed by atoms with Crippen LogP contribution in [-0.2, 0) is 17.1 Å². The summed E-state index contributed by atoms with van der Waals surface area (Å²) in [6.07, 6.45) is 3.29. The molecule has 0 unspecified atom stereocenters. The van der Waals surface area contributed by atoms with Gasteiger partial charge in [-0.1, -0.05) is 23.1 Å². The van der Waals surface area contributed by atoms with Gasteiger partial charge in [0.15, 0.2) is 10.2 Å². The van der Waals surface area contributed by atoms with Gasteiger partial charge in [-0.2, -0.15) is 5.10 Å². The Balaban J connectivity index is 1.84. The van der Waals surface area contributed by atoms with Crippen LogP contribution < -0.4 is 0 Å². The molecule has 8 nitrogen and oxygen atoms in total. The minimum atomic E-state index is -0.964. The Hall–Kier alpha value is -2.33. The second kappa shape index (κ2) is 6.84. The first-order chi connectivity index (χ1) is 11.1. The minimum Gasteiger partial charge on any atom is -0.480 e. The molecule has 0 atom stereocenters. The van der Waals surface area contributed by atoms with Crippen molar-refractivity contribution in [2.24, 2.45) is 0 Å². The van der Waals surface area contributed by atoms with Crippen LogP contribution in [0.15, 0.2) is 28.9 Å². The molecule has 0 aliphatic rings. The highest BCUT2D eigenvalue weighted by Crippen LogP contribution is 2.26. The topological polar surface area (TPSA) is 107 Å². The van der Waals surface area contributed by atoms with E-state index in [4.69, 9.17) is 5.11 Å². The zero-order valence-corrected chi connectivity index (χ0v) is 13.7. The van der Waals surface area contributed by atoms with Crippen LogP contribution in [-0.4, -0.2) is 41.0 Å². The fourth-order valence-electron chi connectivity index (χ4n) is 1.82. The van der Waals surface area contributed by atoms with Crippen molar-refractivity contribution in [2.45, 2.75) is 23.6 Å². The maximum absolute atomic E-state index is 11.0. The Morgan fingerprint density at radius 3 is 2.78 bits per heavy atom. The van der Waals surface area contributed by atoms with Crippen molar-refractivity contribution in [3.63, 3.8) is 0 Å². The molecule has 3 aromatic rings. The molecule has 0 saturated carbocycles. The highest BCUT2D eigenvalue weighted by molar-refractivity contribution is 8.00. The third-order valence-corrected chi connectivity index (χ3v) is 4.77. The molecule has 23 heavy (non-hydrogen) atoms. The van der Waals surface area contributed by atoms with Gasteiger partial charge in [-0.05, 0) is 19.1 Å². The van der Waals surface area contributed by atoms with Gasteiger partial charge in [-0.25, -0.2) is 9.67 Å². The number of aromatic nitrogens is 6. The monoisotopic (exact) mass is 348 g/mol. The van der Waals surface area contributed by atoms with Crippen LogP contribution in [0, 0.1) is 6.92 Å². The van der Waals surface area contributed by atoms with Gasteiger partial charge in [0.05, 0.1) is 5.75 Å². The zero-order chi connectivity index (χ0) is 16.2. The highest BCUT2D eigenvalue weighted by Gasteiger charge is 2.15. The molecule has 0 aliphatic heterocycles. The lowest BCUT2D eigenvalue weighted by molar-refractivity contribution is -0.137. The molecular weight excluding hydrogens is 336 g/mol. The highest BCUT2D eigenvalue weighted by atomic mass is 32.2. The fourth-order valence-corrected chi connectivity index (χ4v) is 3.58. The number of carboxylic acid groups (broad SMARTS) is 1. The molecule has 0 aliphatic carbocycles. The largest absolute Gasteiger partial charge is 0.480 e. The molecule has 0 amide bonds. The van der Waals surface area contributed by atoms with Crippen LogP contribution in [0.1, 0.15) is 10.8 Å². The van der Waals surface area contributed by atoms with Crippen LogP contribution in [0.25, 0.3) is 11.4 Å². The molecule has 0 saturated heterocycles. The molecule has 0 bridgehead atoms. The van der Waals surface area contributed by atoms with Gasteiger partial charge in [0.2, 0.25) is 0 Å². The number of nitrogens with zero attached hydrogens (tertiary/aromatic N) is 6. The lowest BCUT2D eigenvalue weighted by Gasteiger charge is -2.00. The summed E-state index contributed by atoms with van der Waals surface area (Å²) in [5.41, 5.74) is 0.794. The summed E-state index contributed by atoms with van der Waals surface area (Å²) in [6.45, 7) is 1.65. The summed E-state index contributed by atoms with van der Waals surface area (Å²) in [6, 6.07) is 3.57. The number of hydrogen-bond acceptors (Lipinski definition) is 8. The zero-order valence-electron chi connectivity index (χ0n) is 12.1. The number of carbonyl (C=O) groups is 1. The predicted molar refractivity (Wildman–Crippen MR) is 85.1 cm³/mol. The lowest BCUT2D eigenvalue weighted by Crippen LogP contribution is -2.13. The van der Waals surface area contributed by atoms with E-state index in [0.29, 0.717) is 17.4 Å².